The normalized spacial score (nSPS) is 12.3. The Hall–Kier alpha value is -2.88. The Bertz CT molecular complexity index is 727. The average Bonchev–Trinajstić information content (AvgIpc) is 2.71. The second-order valence-corrected chi connectivity index (χ2v) is 7.66. The number of carboxylic acid groups (broad SMARTS) is 1. The lowest BCUT2D eigenvalue weighted by atomic mass is 10.1. The van der Waals surface area contributed by atoms with Crippen LogP contribution in [0.1, 0.15) is 38.2 Å². The third kappa shape index (κ3) is 10.6. The number of aldehydes is 1. The van der Waals surface area contributed by atoms with Crippen LogP contribution < -0.4 is 10.6 Å². The van der Waals surface area contributed by atoms with Crippen LogP contribution >= 0.6 is 11.8 Å². The number of aliphatic carboxylic acids is 1. The number of hydrogen-bond acceptors (Lipinski definition) is 7. The van der Waals surface area contributed by atoms with Crippen molar-refractivity contribution in [2.75, 3.05) is 5.75 Å². The molecule has 0 aromatic heterocycles. The first kappa shape index (κ1) is 25.2. The first-order valence-corrected chi connectivity index (χ1v) is 10.4. The smallest absolute Gasteiger partial charge is 0.408 e. The molecule has 0 aliphatic carbocycles. The van der Waals surface area contributed by atoms with Crippen molar-refractivity contribution in [1.82, 2.24) is 10.6 Å². The molecule has 3 N–H and O–H groups in total. The number of hydrogen-bond donors (Lipinski definition) is 3. The summed E-state index contributed by atoms with van der Waals surface area (Å²) in [4.78, 5) is 57.6. The zero-order valence-corrected chi connectivity index (χ0v) is 17.5. The van der Waals surface area contributed by atoms with Crippen molar-refractivity contribution in [2.24, 2.45) is 0 Å². The number of benzene rings is 1. The average molecular weight is 439 g/mol. The van der Waals surface area contributed by atoms with E-state index in [0.29, 0.717) is 12.7 Å². The number of alkyl carbamates (subject to hydrolysis) is 1. The van der Waals surface area contributed by atoms with Crippen LogP contribution in [-0.2, 0) is 30.5 Å². The molecule has 10 heteroatoms. The second kappa shape index (κ2) is 14.2. The van der Waals surface area contributed by atoms with E-state index in [-0.39, 0.29) is 36.7 Å². The highest BCUT2D eigenvalue weighted by molar-refractivity contribution is 8.13. The highest BCUT2D eigenvalue weighted by Gasteiger charge is 2.26. The van der Waals surface area contributed by atoms with Crippen LogP contribution in [0.25, 0.3) is 0 Å². The molecule has 0 aliphatic rings. The summed E-state index contributed by atoms with van der Waals surface area (Å²) in [6.07, 6.45) is 0.511. The third-order valence-corrected chi connectivity index (χ3v) is 4.81. The van der Waals surface area contributed by atoms with E-state index in [2.05, 4.69) is 10.6 Å². The topological polar surface area (TPSA) is 139 Å². The minimum absolute atomic E-state index is 0.00660. The number of unbranched alkanes of at least 4 members (excludes halogenated alkanes) is 1. The predicted octanol–water partition coefficient (Wildman–Crippen LogP) is 1.89. The molecule has 0 fully saturated rings. The Morgan fingerprint density at radius 2 is 1.80 bits per heavy atom. The van der Waals surface area contributed by atoms with E-state index in [4.69, 9.17) is 4.74 Å². The van der Waals surface area contributed by atoms with Gasteiger partial charge in [0.2, 0.25) is 5.91 Å². The first-order valence-electron chi connectivity index (χ1n) is 9.41. The number of thioether (sulfide) groups is 1. The van der Waals surface area contributed by atoms with Gasteiger partial charge in [0.1, 0.15) is 25.0 Å². The van der Waals surface area contributed by atoms with Crippen LogP contribution in [0.3, 0.4) is 0 Å². The van der Waals surface area contributed by atoms with Crippen LogP contribution in [0, 0.1) is 0 Å². The highest BCUT2D eigenvalue weighted by atomic mass is 32.2. The molecule has 0 bridgehead atoms. The fourth-order valence-electron chi connectivity index (χ4n) is 2.43. The summed E-state index contributed by atoms with van der Waals surface area (Å²) in [7, 11) is 0. The molecule has 2 atom stereocenters. The maximum absolute atomic E-state index is 12.6. The van der Waals surface area contributed by atoms with E-state index in [1.807, 2.05) is 6.07 Å². The molecule has 2 unspecified atom stereocenters. The molecule has 0 spiro atoms. The van der Waals surface area contributed by atoms with E-state index in [0.717, 1.165) is 17.3 Å². The van der Waals surface area contributed by atoms with E-state index >= 15 is 0 Å². The molecule has 0 aliphatic heterocycles. The molecule has 1 aromatic rings. The Morgan fingerprint density at radius 1 is 1.10 bits per heavy atom. The molecule has 0 radical (unpaired) electrons. The molecule has 9 nitrogen and oxygen atoms in total. The van der Waals surface area contributed by atoms with Gasteiger partial charge in [-0.1, -0.05) is 42.1 Å². The van der Waals surface area contributed by atoms with Crippen molar-refractivity contribution in [3.63, 3.8) is 0 Å². The van der Waals surface area contributed by atoms with Gasteiger partial charge in [0, 0.05) is 19.1 Å². The third-order valence-electron chi connectivity index (χ3n) is 3.96. The minimum atomic E-state index is -1.24. The van der Waals surface area contributed by atoms with Crippen LogP contribution in [0.2, 0.25) is 0 Å². The lowest BCUT2D eigenvalue weighted by Gasteiger charge is -2.21. The molecule has 1 aromatic carbocycles. The minimum Gasteiger partial charge on any atom is -0.480 e. The fourth-order valence-corrected chi connectivity index (χ4v) is 3.07. The van der Waals surface area contributed by atoms with Crippen molar-refractivity contribution < 1.29 is 33.8 Å². The van der Waals surface area contributed by atoms with Crippen LogP contribution in [0.15, 0.2) is 30.3 Å². The number of rotatable bonds is 13. The first-order chi connectivity index (χ1) is 14.3. The fraction of sp³-hybridized carbons (Fsp3) is 0.450. The van der Waals surface area contributed by atoms with Crippen molar-refractivity contribution in [2.45, 2.75) is 51.3 Å². The summed E-state index contributed by atoms with van der Waals surface area (Å²) in [5.74, 6) is -1.68. The largest absolute Gasteiger partial charge is 0.480 e. The maximum Gasteiger partial charge on any atom is 0.408 e. The van der Waals surface area contributed by atoms with E-state index < -0.39 is 30.1 Å². The van der Waals surface area contributed by atoms with E-state index in [9.17, 15) is 29.1 Å². The Balaban J connectivity index is 2.70. The van der Waals surface area contributed by atoms with Gasteiger partial charge in [-0.15, -0.1) is 0 Å². The summed E-state index contributed by atoms with van der Waals surface area (Å²) >= 11 is 0.990. The van der Waals surface area contributed by atoms with Crippen molar-refractivity contribution in [1.29, 1.82) is 0 Å². The van der Waals surface area contributed by atoms with Crippen LogP contribution in [0.4, 0.5) is 4.79 Å². The highest BCUT2D eigenvalue weighted by Crippen LogP contribution is 2.08. The number of carbonyl (C=O) groups excluding carboxylic acids is 4. The molecule has 0 saturated heterocycles. The van der Waals surface area contributed by atoms with E-state index in [1.54, 1.807) is 24.3 Å². The van der Waals surface area contributed by atoms with Gasteiger partial charge in [-0.2, -0.15) is 0 Å². The zero-order valence-electron chi connectivity index (χ0n) is 16.7. The van der Waals surface area contributed by atoms with Gasteiger partial charge in [-0.25, -0.2) is 9.59 Å². The maximum atomic E-state index is 12.6. The van der Waals surface area contributed by atoms with Crippen molar-refractivity contribution in [3.05, 3.63) is 35.9 Å². The Morgan fingerprint density at radius 3 is 2.40 bits per heavy atom. The van der Waals surface area contributed by atoms with Gasteiger partial charge < -0.3 is 25.3 Å². The summed E-state index contributed by atoms with van der Waals surface area (Å²) < 4.78 is 5.11. The second-order valence-electron chi connectivity index (χ2n) is 6.38. The van der Waals surface area contributed by atoms with Gasteiger partial charge in [-0.3, -0.25) is 9.59 Å². The lowest BCUT2D eigenvalue weighted by Crippen LogP contribution is -2.51. The van der Waals surface area contributed by atoms with Crippen molar-refractivity contribution in [3.8, 4) is 0 Å². The predicted molar refractivity (Wildman–Crippen MR) is 111 cm³/mol. The summed E-state index contributed by atoms with van der Waals surface area (Å²) in [6.45, 7) is 1.39. The van der Waals surface area contributed by atoms with Gasteiger partial charge >= 0.3 is 12.1 Å². The van der Waals surface area contributed by atoms with Gasteiger partial charge in [0.15, 0.2) is 5.12 Å². The number of nitrogens with one attached hydrogen (secondary N) is 2. The zero-order chi connectivity index (χ0) is 22.4. The van der Waals surface area contributed by atoms with Gasteiger partial charge in [0.05, 0.1) is 0 Å². The number of carboxylic acids is 1. The summed E-state index contributed by atoms with van der Waals surface area (Å²) in [5.41, 5.74) is 0.766. The SMILES string of the molecule is CC(=O)SCCC(NC(=O)OCc1ccccc1)C(=O)NC(CCCC=O)C(=O)O. The number of carbonyl (C=O) groups is 5. The summed E-state index contributed by atoms with van der Waals surface area (Å²) in [5, 5.41) is 13.9. The molecule has 1 rings (SSSR count). The molecule has 164 valence electrons. The molecule has 0 saturated carbocycles. The standard InChI is InChI=1S/C20H26N2O7S/c1-14(24)30-12-10-16(18(25)21-17(19(26)27)9-5-6-11-23)22-20(28)29-13-15-7-3-2-4-8-15/h2-4,7-8,11,16-17H,5-6,9-10,12-13H2,1H3,(H,21,25)(H,22,28)(H,26,27). The van der Waals surface area contributed by atoms with Crippen LogP contribution in [0.5, 0.6) is 0 Å². The molecular weight excluding hydrogens is 412 g/mol. The Kier molecular flexibility index (Phi) is 11.9. The molecule has 30 heavy (non-hydrogen) atoms. The van der Waals surface area contributed by atoms with Crippen molar-refractivity contribution >= 4 is 41.1 Å². The molecule has 2 amide bonds. The molecular formula is C20H26N2O7S. The van der Waals surface area contributed by atoms with Gasteiger partial charge in [0.25, 0.3) is 0 Å². The molecule has 0 heterocycles. The number of amides is 2. The van der Waals surface area contributed by atoms with E-state index in [1.165, 1.54) is 6.92 Å². The Labute approximate surface area is 178 Å². The van der Waals surface area contributed by atoms with Crippen LogP contribution in [-0.4, -0.2) is 52.3 Å². The quantitative estimate of drug-likeness (QED) is 0.313. The summed E-state index contributed by atoms with van der Waals surface area (Å²) in [6, 6.07) is 6.70. The lowest BCUT2D eigenvalue weighted by molar-refractivity contribution is -0.142. The van der Waals surface area contributed by atoms with Gasteiger partial charge in [-0.05, 0) is 24.8 Å². The monoisotopic (exact) mass is 438 g/mol. The number of ether oxygens (including phenoxy) is 1.